The molecule has 5 rings (SSSR count). The maximum Gasteiger partial charge on any atom is 0.250 e. The molecule has 9 heteroatoms. The number of anilines is 2. The lowest BCUT2D eigenvalue weighted by atomic mass is 9.65. The van der Waals surface area contributed by atoms with Gasteiger partial charge in [-0.3, -0.25) is 14.4 Å². The van der Waals surface area contributed by atoms with Gasteiger partial charge in [0.25, 0.3) is 0 Å². The Kier molecular flexibility index (Phi) is 7.49. The van der Waals surface area contributed by atoms with Crippen LogP contribution in [-0.4, -0.2) is 58.1 Å². The number of ether oxygens (including phenoxy) is 1. The average Bonchev–Trinajstić information content (AvgIpc) is 3.52. The molecular weight excluding hydrogens is 506 g/mol. The van der Waals surface area contributed by atoms with E-state index in [1.807, 2.05) is 37.3 Å². The van der Waals surface area contributed by atoms with Crippen LogP contribution in [0.2, 0.25) is 5.02 Å². The quantitative estimate of drug-likeness (QED) is 0.391. The van der Waals surface area contributed by atoms with Crippen LogP contribution >= 0.6 is 11.6 Å². The number of amides is 3. The van der Waals surface area contributed by atoms with Gasteiger partial charge in [-0.05, 0) is 62.8 Å². The summed E-state index contributed by atoms with van der Waals surface area (Å²) in [6, 6.07) is 15.2. The van der Waals surface area contributed by atoms with Gasteiger partial charge < -0.3 is 25.4 Å². The van der Waals surface area contributed by atoms with E-state index in [4.69, 9.17) is 16.3 Å². The van der Waals surface area contributed by atoms with E-state index in [-0.39, 0.29) is 24.3 Å². The van der Waals surface area contributed by atoms with Crippen molar-refractivity contribution in [1.82, 2.24) is 4.90 Å². The van der Waals surface area contributed by atoms with Crippen LogP contribution in [0.15, 0.2) is 54.6 Å². The molecule has 3 fully saturated rings. The number of benzene rings is 2. The molecule has 3 amide bonds. The van der Waals surface area contributed by atoms with Gasteiger partial charge in [-0.15, -0.1) is 0 Å². The van der Waals surface area contributed by atoms with Crippen LogP contribution in [0.25, 0.3) is 0 Å². The summed E-state index contributed by atoms with van der Waals surface area (Å²) in [4.78, 5) is 43.4. The summed E-state index contributed by atoms with van der Waals surface area (Å²) in [7, 11) is 0. The number of fused-ring (bicyclic) bond motifs is 1. The van der Waals surface area contributed by atoms with Gasteiger partial charge in [-0.25, -0.2) is 0 Å². The van der Waals surface area contributed by atoms with Crippen molar-refractivity contribution in [1.29, 1.82) is 0 Å². The van der Waals surface area contributed by atoms with E-state index in [1.165, 1.54) is 0 Å². The topological polar surface area (TPSA) is 108 Å². The number of carbonyl (C=O) groups is 3. The van der Waals surface area contributed by atoms with Crippen LogP contribution in [0.5, 0.6) is 0 Å². The number of para-hydroxylation sites is 2. The Hall–Kier alpha value is -2.94. The van der Waals surface area contributed by atoms with Crippen molar-refractivity contribution in [2.24, 2.45) is 11.8 Å². The summed E-state index contributed by atoms with van der Waals surface area (Å²) in [5.41, 5.74) is -0.804. The highest BCUT2D eigenvalue weighted by molar-refractivity contribution is 6.33. The van der Waals surface area contributed by atoms with Crippen LogP contribution in [-0.2, 0) is 19.1 Å². The molecule has 2 aromatic carbocycles. The number of nitrogens with one attached hydrogen (secondary N) is 2. The Morgan fingerprint density at radius 1 is 1.03 bits per heavy atom. The molecular formula is C29H34ClN3O5. The predicted molar refractivity (Wildman–Crippen MR) is 145 cm³/mol. The third kappa shape index (κ3) is 4.38. The molecule has 0 radical (unpaired) electrons. The fraction of sp³-hybridized carbons (Fsp3) is 0.483. The van der Waals surface area contributed by atoms with E-state index in [0.717, 1.165) is 0 Å². The Morgan fingerprint density at radius 3 is 2.47 bits per heavy atom. The van der Waals surface area contributed by atoms with Gasteiger partial charge in [0.05, 0.1) is 28.1 Å². The summed E-state index contributed by atoms with van der Waals surface area (Å²) in [6.07, 6.45) is 3.62. The van der Waals surface area contributed by atoms with Crippen molar-refractivity contribution in [2.75, 3.05) is 23.8 Å². The summed E-state index contributed by atoms with van der Waals surface area (Å²) in [6.45, 7) is 2.38. The van der Waals surface area contributed by atoms with Gasteiger partial charge >= 0.3 is 0 Å². The first-order valence-electron chi connectivity index (χ1n) is 13.4. The fourth-order valence-electron chi connectivity index (χ4n) is 6.73. The highest BCUT2D eigenvalue weighted by Gasteiger charge is 2.78. The Morgan fingerprint density at radius 2 is 1.76 bits per heavy atom. The number of aliphatic hydroxyl groups is 1. The van der Waals surface area contributed by atoms with E-state index in [1.54, 1.807) is 29.2 Å². The average molecular weight is 540 g/mol. The molecule has 202 valence electrons. The van der Waals surface area contributed by atoms with Crippen molar-refractivity contribution in [3.63, 3.8) is 0 Å². The second kappa shape index (κ2) is 10.7. The molecule has 8 nitrogen and oxygen atoms in total. The lowest BCUT2D eigenvalue weighted by molar-refractivity contribution is -0.144. The molecule has 1 spiro atoms. The lowest BCUT2D eigenvalue weighted by Crippen LogP contribution is -2.53. The van der Waals surface area contributed by atoms with Crippen molar-refractivity contribution < 1.29 is 24.2 Å². The number of hydrogen-bond donors (Lipinski definition) is 3. The largest absolute Gasteiger partial charge is 0.396 e. The van der Waals surface area contributed by atoms with Crippen LogP contribution < -0.4 is 10.6 Å². The van der Waals surface area contributed by atoms with Gasteiger partial charge in [0, 0.05) is 18.8 Å². The zero-order chi connectivity index (χ0) is 26.9. The van der Waals surface area contributed by atoms with Crippen LogP contribution in [0.1, 0.15) is 45.4 Å². The second-order valence-corrected chi connectivity index (χ2v) is 10.9. The number of halogens is 1. The number of rotatable bonds is 10. The van der Waals surface area contributed by atoms with E-state index in [9.17, 15) is 19.5 Å². The van der Waals surface area contributed by atoms with E-state index in [2.05, 4.69) is 10.6 Å². The molecule has 0 aliphatic carbocycles. The first-order valence-corrected chi connectivity index (χ1v) is 13.8. The van der Waals surface area contributed by atoms with Crippen LogP contribution in [0.3, 0.4) is 0 Å². The molecule has 2 aromatic rings. The van der Waals surface area contributed by atoms with Crippen molar-refractivity contribution in [3.8, 4) is 0 Å². The summed E-state index contributed by atoms with van der Waals surface area (Å²) in [5.74, 6) is -2.33. The van der Waals surface area contributed by atoms with E-state index >= 15 is 0 Å². The maximum absolute atomic E-state index is 14.1. The standard InChI is InChI=1S/C29H34ClN3O5/c1-2-28-15-16-29(38-28)23(22(28)25(35)31-19-11-5-3-6-12-19)27(37)33(17-9-4-10-18-34)24(29)26(36)32-21-14-8-7-13-20(21)30/h3,5-8,11-14,22-24,34H,2,4,9-10,15-18H2,1H3,(H,31,35)(H,32,36)/t22-,23+,24?,28+,29?/m1/s1. The summed E-state index contributed by atoms with van der Waals surface area (Å²) >= 11 is 6.33. The number of nitrogens with zero attached hydrogens (tertiary/aromatic N) is 1. The summed E-state index contributed by atoms with van der Waals surface area (Å²) < 4.78 is 6.76. The van der Waals surface area contributed by atoms with E-state index in [0.29, 0.717) is 61.5 Å². The number of unbranched alkanes of at least 4 members (excludes halogenated alkanes) is 2. The van der Waals surface area contributed by atoms with Gasteiger partial charge in [0.2, 0.25) is 17.7 Å². The predicted octanol–water partition coefficient (Wildman–Crippen LogP) is 4.23. The van der Waals surface area contributed by atoms with Crippen molar-refractivity contribution in [2.45, 2.75) is 62.7 Å². The number of likely N-dealkylation sites (tertiary alicyclic amines) is 1. The van der Waals surface area contributed by atoms with Gasteiger partial charge in [0.15, 0.2) is 0 Å². The zero-order valence-corrected chi connectivity index (χ0v) is 22.2. The molecule has 0 aromatic heterocycles. The van der Waals surface area contributed by atoms with Crippen molar-refractivity contribution >= 4 is 40.7 Å². The molecule has 3 aliphatic heterocycles. The fourth-order valence-corrected chi connectivity index (χ4v) is 6.92. The van der Waals surface area contributed by atoms with Gasteiger partial charge in [-0.1, -0.05) is 48.9 Å². The molecule has 3 heterocycles. The maximum atomic E-state index is 14.1. The molecule has 2 unspecified atom stereocenters. The molecule has 0 saturated carbocycles. The Balaban J connectivity index is 1.50. The Bertz CT molecular complexity index is 1210. The van der Waals surface area contributed by atoms with Gasteiger partial charge in [0.1, 0.15) is 11.6 Å². The third-order valence-corrected chi connectivity index (χ3v) is 8.77. The van der Waals surface area contributed by atoms with E-state index < -0.39 is 29.1 Å². The summed E-state index contributed by atoms with van der Waals surface area (Å²) in [5, 5.41) is 15.5. The zero-order valence-electron chi connectivity index (χ0n) is 21.5. The SMILES string of the molecule is CC[C@@]12CCC3(O1)C(C(=O)Nc1ccccc1Cl)N(CCCCCO)C(=O)[C@@H]3[C@@H]2C(=O)Nc1ccccc1. The lowest BCUT2D eigenvalue weighted by Gasteiger charge is -2.34. The minimum absolute atomic E-state index is 0.0702. The van der Waals surface area contributed by atoms with Crippen molar-refractivity contribution in [3.05, 3.63) is 59.6 Å². The molecule has 3 aliphatic rings. The highest BCUT2D eigenvalue weighted by atomic mass is 35.5. The minimum Gasteiger partial charge on any atom is -0.396 e. The first kappa shape index (κ1) is 26.7. The normalized spacial score (nSPS) is 29.4. The molecule has 5 atom stereocenters. The van der Waals surface area contributed by atoms with Crippen LogP contribution in [0.4, 0.5) is 11.4 Å². The molecule has 3 N–H and O–H groups in total. The molecule has 3 saturated heterocycles. The first-order chi connectivity index (χ1) is 18.4. The number of aliphatic hydroxyl groups excluding tert-OH is 1. The van der Waals surface area contributed by atoms with Gasteiger partial charge in [-0.2, -0.15) is 0 Å². The second-order valence-electron chi connectivity index (χ2n) is 10.5. The number of hydrogen-bond acceptors (Lipinski definition) is 5. The minimum atomic E-state index is -1.10. The Labute approximate surface area is 227 Å². The third-order valence-electron chi connectivity index (χ3n) is 8.44. The van der Waals surface area contributed by atoms with Crippen LogP contribution in [0, 0.1) is 11.8 Å². The highest BCUT2D eigenvalue weighted by Crippen LogP contribution is 2.64. The molecule has 2 bridgehead atoms. The monoisotopic (exact) mass is 539 g/mol. The smallest absolute Gasteiger partial charge is 0.250 e. The number of carbonyl (C=O) groups excluding carboxylic acids is 3. The molecule has 38 heavy (non-hydrogen) atoms.